The molecule has 1 saturated carbocycles. The Morgan fingerprint density at radius 2 is 1.81 bits per heavy atom. The van der Waals surface area contributed by atoms with Crippen LogP contribution in [0, 0.1) is 5.41 Å². The lowest BCUT2D eigenvalue weighted by atomic mass is 9.61. The summed E-state index contributed by atoms with van der Waals surface area (Å²) in [5, 5.41) is 0. The van der Waals surface area contributed by atoms with E-state index in [1.54, 1.807) is 0 Å². The summed E-state index contributed by atoms with van der Waals surface area (Å²) < 4.78 is 6.22. The third-order valence-corrected chi connectivity index (χ3v) is 4.51. The van der Waals surface area contributed by atoms with Crippen LogP contribution in [0.1, 0.15) is 53.9 Å². The van der Waals surface area contributed by atoms with E-state index in [4.69, 9.17) is 4.74 Å². The molecule has 2 atom stereocenters. The SMILES string of the molecule is C=C(C)/C=C(/C)C12OC1(C)CCCC2(C)C. The highest BCUT2D eigenvalue weighted by atomic mass is 16.6. The van der Waals surface area contributed by atoms with Crippen LogP contribution in [0.2, 0.25) is 0 Å². The molecule has 1 aliphatic heterocycles. The molecule has 1 nitrogen and oxygen atoms in total. The van der Waals surface area contributed by atoms with Crippen molar-refractivity contribution in [3.63, 3.8) is 0 Å². The van der Waals surface area contributed by atoms with Crippen LogP contribution in [0.3, 0.4) is 0 Å². The first kappa shape index (κ1) is 11.9. The molecular weight excluding hydrogens is 196 g/mol. The van der Waals surface area contributed by atoms with Crippen molar-refractivity contribution in [3.8, 4) is 0 Å². The molecule has 2 aliphatic rings. The Morgan fingerprint density at radius 3 is 2.31 bits per heavy atom. The van der Waals surface area contributed by atoms with E-state index >= 15 is 0 Å². The minimum atomic E-state index is -0.0306. The van der Waals surface area contributed by atoms with Crippen LogP contribution in [0.25, 0.3) is 0 Å². The lowest BCUT2D eigenvalue weighted by Gasteiger charge is -2.39. The predicted octanol–water partition coefficient (Wildman–Crippen LogP) is 4.25. The van der Waals surface area contributed by atoms with E-state index in [0.29, 0.717) is 0 Å². The molecule has 1 heteroatoms. The Hall–Kier alpha value is -0.560. The highest BCUT2D eigenvalue weighted by Crippen LogP contribution is 2.68. The minimum absolute atomic E-state index is 0.0306. The summed E-state index contributed by atoms with van der Waals surface area (Å²) in [7, 11) is 0. The van der Waals surface area contributed by atoms with Gasteiger partial charge in [0.15, 0.2) is 0 Å². The molecule has 0 amide bonds. The predicted molar refractivity (Wildman–Crippen MR) is 68.4 cm³/mol. The minimum Gasteiger partial charge on any atom is -0.357 e. The summed E-state index contributed by atoms with van der Waals surface area (Å²) in [5.74, 6) is 0. The number of hydrogen-bond acceptors (Lipinski definition) is 1. The first-order chi connectivity index (χ1) is 7.25. The standard InChI is InChI=1S/C15H24O/c1-11(2)10-12(3)15-13(4,5)8-7-9-14(15,6)16-15/h10H,1,7-9H2,2-6H3/b12-10-. The number of rotatable bonds is 2. The van der Waals surface area contributed by atoms with Gasteiger partial charge in [-0.2, -0.15) is 0 Å². The maximum absolute atomic E-state index is 6.22. The van der Waals surface area contributed by atoms with Crippen molar-refractivity contribution in [2.75, 3.05) is 0 Å². The van der Waals surface area contributed by atoms with Gasteiger partial charge in [0.1, 0.15) is 11.2 Å². The zero-order chi connectivity index (χ0) is 12.2. The number of ether oxygens (including phenoxy) is 1. The maximum atomic E-state index is 6.22. The lowest BCUT2D eigenvalue weighted by Crippen LogP contribution is -2.43. The van der Waals surface area contributed by atoms with Gasteiger partial charge in [0, 0.05) is 5.41 Å². The van der Waals surface area contributed by atoms with Crippen molar-refractivity contribution in [1.29, 1.82) is 0 Å². The molecule has 1 heterocycles. The van der Waals surface area contributed by atoms with Gasteiger partial charge in [-0.15, -0.1) is 0 Å². The van der Waals surface area contributed by atoms with E-state index in [0.717, 1.165) is 5.57 Å². The van der Waals surface area contributed by atoms with Crippen molar-refractivity contribution < 1.29 is 4.74 Å². The van der Waals surface area contributed by atoms with Gasteiger partial charge in [-0.05, 0) is 45.6 Å². The first-order valence-corrected chi connectivity index (χ1v) is 6.30. The highest BCUT2D eigenvalue weighted by Gasteiger charge is 2.75. The molecule has 0 aromatic rings. The maximum Gasteiger partial charge on any atom is 0.124 e. The zero-order valence-corrected chi connectivity index (χ0v) is 11.3. The molecular formula is C15H24O. The molecule has 0 radical (unpaired) electrons. The van der Waals surface area contributed by atoms with Gasteiger partial charge >= 0.3 is 0 Å². The second-order valence-electron chi connectivity index (χ2n) is 6.43. The van der Waals surface area contributed by atoms with Crippen LogP contribution in [-0.4, -0.2) is 11.2 Å². The fraction of sp³-hybridized carbons (Fsp3) is 0.733. The van der Waals surface area contributed by atoms with Gasteiger partial charge < -0.3 is 4.74 Å². The number of allylic oxidation sites excluding steroid dienone is 2. The quantitative estimate of drug-likeness (QED) is 0.501. The van der Waals surface area contributed by atoms with E-state index < -0.39 is 0 Å². The molecule has 0 bridgehead atoms. The summed E-state index contributed by atoms with van der Waals surface area (Å²) in [4.78, 5) is 0. The van der Waals surface area contributed by atoms with E-state index in [1.165, 1.54) is 24.8 Å². The molecule has 0 aromatic heterocycles. The van der Waals surface area contributed by atoms with Crippen LogP contribution in [0.5, 0.6) is 0 Å². The van der Waals surface area contributed by atoms with Gasteiger partial charge in [0.05, 0.1) is 0 Å². The fourth-order valence-corrected chi connectivity index (χ4v) is 3.94. The molecule has 1 aliphatic carbocycles. The summed E-state index contributed by atoms with van der Waals surface area (Å²) in [6, 6.07) is 0. The first-order valence-electron chi connectivity index (χ1n) is 6.30. The average molecular weight is 220 g/mol. The van der Waals surface area contributed by atoms with Gasteiger partial charge in [-0.3, -0.25) is 0 Å². The van der Waals surface area contributed by atoms with Crippen molar-refractivity contribution in [3.05, 3.63) is 23.8 Å². The molecule has 2 fully saturated rings. The third-order valence-electron chi connectivity index (χ3n) is 4.51. The Balaban J connectivity index is 2.41. The van der Waals surface area contributed by atoms with Crippen LogP contribution in [0.15, 0.2) is 23.8 Å². The number of hydrogen-bond donors (Lipinski definition) is 0. The largest absolute Gasteiger partial charge is 0.357 e. The van der Waals surface area contributed by atoms with Crippen molar-refractivity contribution in [2.45, 2.75) is 65.1 Å². The van der Waals surface area contributed by atoms with Gasteiger partial charge in [0.2, 0.25) is 0 Å². The van der Waals surface area contributed by atoms with Gasteiger partial charge in [0.25, 0.3) is 0 Å². The summed E-state index contributed by atoms with van der Waals surface area (Å²) in [6.07, 6.45) is 5.92. The second kappa shape index (κ2) is 3.22. The van der Waals surface area contributed by atoms with E-state index in [-0.39, 0.29) is 16.6 Å². The second-order valence-corrected chi connectivity index (χ2v) is 6.43. The van der Waals surface area contributed by atoms with Crippen LogP contribution < -0.4 is 0 Å². The van der Waals surface area contributed by atoms with Crippen LogP contribution in [0.4, 0.5) is 0 Å². The molecule has 0 aromatic carbocycles. The Bertz CT molecular complexity index is 364. The summed E-state index contributed by atoms with van der Waals surface area (Å²) in [6.45, 7) is 15.2. The molecule has 0 spiro atoms. The highest BCUT2D eigenvalue weighted by molar-refractivity contribution is 5.40. The van der Waals surface area contributed by atoms with E-state index in [9.17, 15) is 0 Å². The fourth-order valence-electron chi connectivity index (χ4n) is 3.94. The molecule has 0 N–H and O–H groups in total. The number of epoxide rings is 1. The van der Waals surface area contributed by atoms with Crippen LogP contribution >= 0.6 is 0 Å². The van der Waals surface area contributed by atoms with Crippen molar-refractivity contribution in [1.82, 2.24) is 0 Å². The molecule has 2 unspecified atom stereocenters. The third kappa shape index (κ3) is 1.34. The van der Waals surface area contributed by atoms with Crippen molar-refractivity contribution in [2.24, 2.45) is 5.41 Å². The van der Waals surface area contributed by atoms with Gasteiger partial charge in [-0.1, -0.05) is 32.1 Å². The average Bonchev–Trinajstić information content (AvgIpc) is 2.73. The lowest BCUT2D eigenvalue weighted by molar-refractivity contribution is 0.155. The number of fused-ring (bicyclic) bond motifs is 1. The van der Waals surface area contributed by atoms with Crippen LogP contribution in [-0.2, 0) is 4.74 Å². The Kier molecular flexibility index (Phi) is 2.40. The van der Waals surface area contributed by atoms with E-state index in [1.807, 2.05) is 0 Å². The Labute approximate surface area is 99.6 Å². The molecule has 2 rings (SSSR count). The molecule has 90 valence electrons. The smallest absolute Gasteiger partial charge is 0.124 e. The normalized spacial score (nSPS) is 41.4. The van der Waals surface area contributed by atoms with Gasteiger partial charge in [-0.25, -0.2) is 0 Å². The molecule has 16 heavy (non-hydrogen) atoms. The molecule has 1 saturated heterocycles. The monoisotopic (exact) mass is 220 g/mol. The van der Waals surface area contributed by atoms with Crippen molar-refractivity contribution >= 4 is 0 Å². The van der Waals surface area contributed by atoms with E-state index in [2.05, 4.69) is 47.3 Å². The Morgan fingerprint density at radius 1 is 1.19 bits per heavy atom. The summed E-state index contributed by atoms with van der Waals surface area (Å²) in [5.41, 5.74) is 2.76. The topological polar surface area (TPSA) is 12.5 Å². The zero-order valence-electron chi connectivity index (χ0n) is 11.3. The summed E-state index contributed by atoms with van der Waals surface area (Å²) >= 11 is 0.